The molecule has 0 bridgehead atoms. The number of aryl methyl sites for hydroxylation is 1. The zero-order valence-corrected chi connectivity index (χ0v) is 14.5. The second-order valence-corrected chi connectivity index (χ2v) is 7.01. The number of anilines is 1. The molecule has 1 aliphatic heterocycles. The Hall–Kier alpha value is -2.21. The summed E-state index contributed by atoms with van der Waals surface area (Å²) < 4.78 is 6.01. The zero-order valence-electron chi connectivity index (χ0n) is 14.5. The summed E-state index contributed by atoms with van der Waals surface area (Å²) in [4.78, 5) is 15.6. The number of pyridine rings is 1. The highest BCUT2D eigenvalue weighted by molar-refractivity contribution is 5.41. The predicted octanol–water partition coefficient (Wildman–Crippen LogP) is 2.47. The van der Waals surface area contributed by atoms with Crippen molar-refractivity contribution in [3.05, 3.63) is 42.1 Å². The molecule has 6 nitrogen and oxygen atoms in total. The largest absolute Gasteiger partial charge is 0.489 e. The third-order valence-electron chi connectivity index (χ3n) is 5.08. The minimum absolute atomic E-state index is 0.163. The smallest absolute Gasteiger partial charge is 0.137 e. The van der Waals surface area contributed by atoms with Gasteiger partial charge in [0.1, 0.15) is 23.5 Å². The van der Waals surface area contributed by atoms with Crippen LogP contribution in [-0.4, -0.2) is 45.4 Å². The van der Waals surface area contributed by atoms with Crippen LogP contribution >= 0.6 is 0 Å². The number of hydrogen-bond donors (Lipinski definition) is 1. The molecule has 6 heteroatoms. The molecule has 2 aliphatic rings. The lowest BCUT2D eigenvalue weighted by atomic mass is 9.80. The number of rotatable bonds is 4. The standard InChI is InChI=1S/C19H24N4O2/c1-13-21-18(14-9-15(24)10-14)11-19(22-13)23-7-4-16(5-8-23)25-17-3-2-6-20-12-17/h2-3,6,11-12,14-16,24H,4-5,7-10H2,1H3. The van der Waals surface area contributed by atoms with Crippen molar-refractivity contribution in [2.24, 2.45) is 0 Å². The molecule has 0 spiro atoms. The van der Waals surface area contributed by atoms with E-state index in [1.54, 1.807) is 12.4 Å². The molecule has 1 saturated heterocycles. The van der Waals surface area contributed by atoms with Crippen LogP contribution in [0.25, 0.3) is 0 Å². The highest BCUT2D eigenvalue weighted by Gasteiger charge is 2.31. The van der Waals surface area contributed by atoms with Crippen molar-refractivity contribution in [2.45, 2.75) is 50.7 Å². The molecule has 2 fully saturated rings. The number of nitrogens with zero attached hydrogens (tertiary/aromatic N) is 4. The van der Waals surface area contributed by atoms with Gasteiger partial charge in [0.15, 0.2) is 0 Å². The minimum atomic E-state index is -0.163. The molecule has 1 saturated carbocycles. The van der Waals surface area contributed by atoms with Crippen LogP contribution in [0.1, 0.15) is 43.1 Å². The Balaban J connectivity index is 1.39. The lowest BCUT2D eigenvalue weighted by Crippen LogP contribution is -2.39. The molecule has 3 heterocycles. The van der Waals surface area contributed by atoms with Gasteiger partial charge in [0.2, 0.25) is 0 Å². The average molecular weight is 340 g/mol. The van der Waals surface area contributed by atoms with Gasteiger partial charge in [-0.2, -0.15) is 0 Å². The first-order chi connectivity index (χ1) is 12.2. The van der Waals surface area contributed by atoms with E-state index in [9.17, 15) is 5.11 Å². The van der Waals surface area contributed by atoms with Crippen LogP contribution in [0.4, 0.5) is 5.82 Å². The summed E-state index contributed by atoms with van der Waals surface area (Å²) in [6.07, 6.45) is 7.15. The molecule has 25 heavy (non-hydrogen) atoms. The Labute approximate surface area is 147 Å². The summed E-state index contributed by atoms with van der Waals surface area (Å²) in [5.41, 5.74) is 1.07. The van der Waals surface area contributed by atoms with Gasteiger partial charge in [0.05, 0.1) is 12.3 Å². The fraction of sp³-hybridized carbons (Fsp3) is 0.526. The fourth-order valence-corrected chi connectivity index (χ4v) is 3.59. The molecule has 4 rings (SSSR count). The van der Waals surface area contributed by atoms with Crippen molar-refractivity contribution in [1.29, 1.82) is 0 Å². The molecule has 132 valence electrons. The van der Waals surface area contributed by atoms with Gasteiger partial charge in [-0.05, 0) is 31.9 Å². The van der Waals surface area contributed by atoms with Crippen molar-refractivity contribution >= 4 is 5.82 Å². The highest BCUT2D eigenvalue weighted by Crippen LogP contribution is 2.37. The van der Waals surface area contributed by atoms with Gasteiger partial charge in [0.25, 0.3) is 0 Å². The number of aliphatic hydroxyl groups is 1. The number of ether oxygens (including phenoxy) is 1. The third kappa shape index (κ3) is 3.74. The van der Waals surface area contributed by atoms with Crippen LogP contribution in [0.5, 0.6) is 5.75 Å². The average Bonchev–Trinajstić information content (AvgIpc) is 2.60. The maximum absolute atomic E-state index is 9.55. The maximum Gasteiger partial charge on any atom is 0.137 e. The van der Waals surface area contributed by atoms with Gasteiger partial charge in [-0.25, -0.2) is 9.97 Å². The molecule has 0 radical (unpaired) electrons. The summed E-state index contributed by atoms with van der Waals surface area (Å²) in [5.74, 6) is 3.03. The van der Waals surface area contributed by atoms with E-state index in [-0.39, 0.29) is 12.2 Å². The van der Waals surface area contributed by atoms with Crippen LogP contribution in [0.2, 0.25) is 0 Å². The normalized spacial score (nSPS) is 24.0. The Morgan fingerprint density at radius 1 is 1.20 bits per heavy atom. The SMILES string of the molecule is Cc1nc(C2CC(O)C2)cc(N2CCC(Oc3cccnc3)CC2)n1. The Morgan fingerprint density at radius 3 is 2.68 bits per heavy atom. The second kappa shape index (κ2) is 6.96. The summed E-state index contributed by atoms with van der Waals surface area (Å²) in [7, 11) is 0. The molecular formula is C19H24N4O2. The van der Waals surface area contributed by atoms with Crippen molar-refractivity contribution < 1.29 is 9.84 Å². The molecule has 1 N–H and O–H groups in total. The fourth-order valence-electron chi connectivity index (χ4n) is 3.59. The Bertz CT molecular complexity index is 711. The first-order valence-corrected chi connectivity index (χ1v) is 9.02. The molecule has 0 atom stereocenters. The van der Waals surface area contributed by atoms with Crippen molar-refractivity contribution in [2.75, 3.05) is 18.0 Å². The van der Waals surface area contributed by atoms with E-state index in [4.69, 9.17) is 4.74 Å². The molecule has 1 aliphatic carbocycles. The van der Waals surface area contributed by atoms with Crippen molar-refractivity contribution in [1.82, 2.24) is 15.0 Å². The quantitative estimate of drug-likeness (QED) is 0.922. The van der Waals surface area contributed by atoms with Crippen molar-refractivity contribution in [3.8, 4) is 5.75 Å². The first kappa shape index (κ1) is 16.3. The van der Waals surface area contributed by atoms with E-state index in [1.165, 1.54) is 0 Å². The number of piperidine rings is 1. The molecule has 0 unspecified atom stereocenters. The summed E-state index contributed by atoms with van der Waals surface area (Å²) >= 11 is 0. The number of aliphatic hydroxyl groups excluding tert-OH is 1. The van der Waals surface area contributed by atoms with Crippen LogP contribution in [-0.2, 0) is 0 Å². The molecule has 2 aromatic rings. The van der Waals surface area contributed by atoms with Crippen LogP contribution in [0, 0.1) is 6.92 Å². The molecule has 2 aromatic heterocycles. The maximum atomic E-state index is 9.55. The topological polar surface area (TPSA) is 71.4 Å². The lowest BCUT2D eigenvalue weighted by molar-refractivity contribution is 0.0731. The number of aromatic nitrogens is 3. The summed E-state index contributed by atoms with van der Waals surface area (Å²) in [6.45, 7) is 3.79. The molecule has 0 amide bonds. The lowest BCUT2D eigenvalue weighted by Gasteiger charge is -2.34. The van der Waals surface area contributed by atoms with Crippen LogP contribution < -0.4 is 9.64 Å². The molecule has 0 aromatic carbocycles. The van der Waals surface area contributed by atoms with E-state index >= 15 is 0 Å². The van der Waals surface area contributed by atoms with Gasteiger partial charge in [-0.15, -0.1) is 0 Å². The third-order valence-corrected chi connectivity index (χ3v) is 5.08. The Morgan fingerprint density at radius 2 is 2.00 bits per heavy atom. The van der Waals surface area contributed by atoms with Gasteiger partial charge in [-0.1, -0.05) is 0 Å². The zero-order chi connectivity index (χ0) is 17.2. The van der Waals surface area contributed by atoms with Gasteiger partial charge in [0, 0.05) is 49.8 Å². The minimum Gasteiger partial charge on any atom is -0.489 e. The number of hydrogen-bond acceptors (Lipinski definition) is 6. The summed E-state index contributed by atoms with van der Waals surface area (Å²) in [6, 6.07) is 5.95. The van der Waals surface area contributed by atoms with Gasteiger partial charge in [-0.3, -0.25) is 4.98 Å². The highest BCUT2D eigenvalue weighted by atomic mass is 16.5. The predicted molar refractivity (Wildman–Crippen MR) is 94.9 cm³/mol. The van der Waals surface area contributed by atoms with Gasteiger partial charge >= 0.3 is 0 Å². The monoisotopic (exact) mass is 340 g/mol. The van der Waals surface area contributed by atoms with E-state index in [0.29, 0.717) is 5.92 Å². The molecular weight excluding hydrogens is 316 g/mol. The van der Waals surface area contributed by atoms with Gasteiger partial charge < -0.3 is 14.7 Å². The second-order valence-electron chi connectivity index (χ2n) is 7.01. The van der Waals surface area contributed by atoms with E-state index < -0.39 is 0 Å². The van der Waals surface area contributed by atoms with Crippen LogP contribution in [0.3, 0.4) is 0 Å². The van der Waals surface area contributed by atoms with Crippen LogP contribution in [0.15, 0.2) is 30.6 Å². The summed E-state index contributed by atoms with van der Waals surface area (Å²) in [5, 5.41) is 9.55. The van der Waals surface area contributed by atoms with Crippen molar-refractivity contribution in [3.63, 3.8) is 0 Å². The van der Waals surface area contributed by atoms with E-state index in [1.807, 2.05) is 19.1 Å². The Kier molecular flexibility index (Phi) is 4.53. The first-order valence-electron chi connectivity index (χ1n) is 9.02. The van der Waals surface area contributed by atoms with E-state index in [0.717, 1.165) is 61.9 Å². The van der Waals surface area contributed by atoms with E-state index in [2.05, 4.69) is 25.9 Å².